The van der Waals surface area contributed by atoms with Gasteiger partial charge in [-0.25, -0.2) is 9.67 Å². The van der Waals surface area contributed by atoms with Gasteiger partial charge in [-0.1, -0.05) is 17.7 Å². The number of halogens is 1. The molecule has 0 fully saturated rings. The zero-order valence-corrected chi connectivity index (χ0v) is 11.6. The molecule has 1 aromatic carbocycles. The van der Waals surface area contributed by atoms with Crippen LogP contribution in [0.2, 0.25) is 5.02 Å². The number of anilines is 1. The van der Waals surface area contributed by atoms with Gasteiger partial charge in [-0.15, -0.1) is 0 Å². The molecule has 1 N–H and O–H groups in total. The average Bonchev–Trinajstić information content (AvgIpc) is 3.08. The molecule has 2 aromatic heterocycles. The van der Waals surface area contributed by atoms with Gasteiger partial charge in [-0.3, -0.25) is 4.68 Å². The lowest BCUT2D eigenvalue weighted by Crippen LogP contribution is -2.05. The smallest absolute Gasteiger partial charge is 0.138 e. The number of aryl methyl sites for hydroxylation is 1. The van der Waals surface area contributed by atoms with Gasteiger partial charge < -0.3 is 5.32 Å². The third-order valence-corrected chi connectivity index (χ3v) is 3.18. The number of hydrogen-bond acceptors (Lipinski definition) is 4. The normalized spacial score (nSPS) is 10.7. The van der Waals surface area contributed by atoms with Crippen LogP contribution in [0.1, 0.15) is 5.56 Å². The Morgan fingerprint density at radius 3 is 2.90 bits per heavy atom. The van der Waals surface area contributed by atoms with E-state index in [9.17, 15) is 0 Å². The summed E-state index contributed by atoms with van der Waals surface area (Å²) in [7, 11) is 1.89. The van der Waals surface area contributed by atoms with Gasteiger partial charge in [0.05, 0.1) is 16.9 Å². The van der Waals surface area contributed by atoms with Crippen molar-refractivity contribution in [3.8, 4) is 5.69 Å². The molecule has 0 unspecified atom stereocenters. The van der Waals surface area contributed by atoms with Crippen LogP contribution in [0.4, 0.5) is 5.69 Å². The first-order chi connectivity index (χ1) is 9.74. The molecule has 0 spiro atoms. The van der Waals surface area contributed by atoms with Crippen molar-refractivity contribution in [2.45, 2.75) is 6.54 Å². The number of rotatable bonds is 4. The maximum Gasteiger partial charge on any atom is 0.138 e. The molecule has 2 heterocycles. The van der Waals surface area contributed by atoms with Crippen molar-refractivity contribution in [1.29, 1.82) is 0 Å². The number of aromatic nitrogens is 5. The molecular weight excluding hydrogens is 276 g/mol. The monoisotopic (exact) mass is 288 g/mol. The third-order valence-electron chi connectivity index (χ3n) is 2.88. The Balaban J connectivity index is 1.88. The van der Waals surface area contributed by atoms with Crippen molar-refractivity contribution in [1.82, 2.24) is 24.5 Å². The molecule has 0 saturated carbocycles. The summed E-state index contributed by atoms with van der Waals surface area (Å²) in [5.74, 6) is 0. The van der Waals surface area contributed by atoms with Crippen LogP contribution in [0.3, 0.4) is 0 Å². The van der Waals surface area contributed by atoms with Gasteiger partial charge in [0.25, 0.3) is 0 Å². The van der Waals surface area contributed by atoms with E-state index >= 15 is 0 Å². The van der Waals surface area contributed by atoms with E-state index in [-0.39, 0.29) is 0 Å². The highest BCUT2D eigenvalue weighted by atomic mass is 35.5. The first kappa shape index (κ1) is 12.7. The van der Waals surface area contributed by atoms with Crippen LogP contribution in [0, 0.1) is 0 Å². The predicted octanol–water partition coefficient (Wildman–Crippen LogP) is 2.27. The molecule has 0 amide bonds. The molecule has 0 aliphatic heterocycles. The van der Waals surface area contributed by atoms with Crippen LogP contribution >= 0.6 is 11.6 Å². The van der Waals surface area contributed by atoms with Crippen molar-refractivity contribution in [3.05, 3.63) is 53.8 Å². The van der Waals surface area contributed by atoms with Crippen LogP contribution in [0.25, 0.3) is 5.69 Å². The van der Waals surface area contributed by atoms with E-state index in [2.05, 4.69) is 20.5 Å². The number of nitrogens with one attached hydrogen (secondary N) is 1. The fraction of sp³-hybridized carbons (Fsp3) is 0.154. The second-order valence-electron chi connectivity index (χ2n) is 4.35. The van der Waals surface area contributed by atoms with E-state index < -0.39 is 0 Å². The van der Waals surface area contributed by atoms with Crippen LogP contribution < -0.4 is 5.32 Å². The summed E-state index contributed by atoms with van der Waals surface area (Å²) in [5.41, 5.74) is 2.78. The summed E-state index contributed by atoms with van der Waals surface area (Å²) in [6.07, 6.45) is 6.89. The lowest BCUT2D eigenvalue weighted by atomic mass is 10.2. The van der Waals surface area contributed by atoms with E-state index in [4.69, 9.17) is 11.6 Å². The second kappa shape index (κ2) is 5.34. The van der Waals surface area contributed by atoms with Gasteiger partial charge in [0.2, 0.25) is 0 Å². The van der Waals surface area contributed by atoms with Gasteiger partial charge in [0.15, 0.2) is 0 Å². The van der Waals surface area contributed by atoms with E-state index in [0.29, 0.717) is 11.6 Å². The first-order valence-electron chi connectivity index (χ1n) is 6.09. The van der Waals surface area contributed by atoms with Crippen molar-refractivity contribution in [2.24, 2.45) is 7.05 Å². The maximum atomic E-state index is 6.26. The largest absolute Gasteiger partial charge is 0.379 e. The third kappa shape index (κ3) is 2.50. The fourth-order valence-corrected chi connectivity index (χ4v) is 2.24. The zero-order valence-electron chi connectivity index (χ0n) is 10.9. The Morgan fingerprint density at radius 1 is 1.30 bits per heavy atom. The fourth-order valence-electron chi connectivity index (χ4n) is 1.97. The van der Waals surface area contributed by atoms with Gasteiger partial charge >= 0.3 is 0 Å². The molecule has 3 rings (SSSR count). The Kier molecular flexibility index (Phi) is 3.39. The lowest BCUT2D eigenvalue weighted by molar-refractivity contribution is 0.767. The lowest BCUT2D eigenvalue weighted by Gasteiger charge is -2.12. The van der Waals surface area contributed by atoms with Crippen LogP contribution in [-0.4, -0.2) is 24.5 Å². The molecule has 3 aromatic rings. The van der Waals surface area contributed by atoms with Crippen LogP contribution in [-0.2, 0) is 13.6 Å². The van der Waals surface area contributed by atoms with Crippen LogP contribution in [0.15, 0.2) is 43.2 Å². The minimum absolute atomic E-state index is 0.617. The SMILES string of the molecule is Cn1cc(CNc2cccc(Cl)c2-n2cncn2)cn1. The molecule has 0 atom stereocenters. The van der Waals surface area contributed by atoms with Gasteiger partial charge in [0.1, 0.15) is 18.3 Å². The molecule has 20 heavy (non-hydrogen) atoms. The highest BCUT2D eigenvalue weighted by Crippen LogP contribution is 2.28. The second-order valence-corrected chi connectivity index (χ2v) is 4.76. The number of hydrogen-bond donors (Lipinski definition) is 1. The van der Waals surface area contributed by atoms with E-state index in [1.165, 1.54) is 6.33 Å². The molecular formula is C13H13ClN6. The number of nitrogens with zero attached hydrogens (tertiary/aromatic N) is 5. The number of benzene rings is 1. The van der Waals surface area contributed by atoms with Crippen molar-refractivity contribution in [3.63, 3.8) is 0 Å². The predicted molar refractivity (Wildman–Crippen MR) is 76.9 cm³/mol. The zero-order chi connectivity index (χ0) is 13.9. The van der Waals surface area contributed by atoms with Gasteiger partial charge in [0, 0.05) is 25.4 Å². The Bertz CT molecular complexity index is 703. The quantitative estimate of drug-likeness (QED) is 0.800. The summed E-state index contributed by atoms with van der Waals surface area (Å²) >= 11 is 6.26. The molecule has 0 bridgehead atoms. The average molecular weight is 289 g/mol. The van der Waals surface area contributed by atoms with Gasteiger partial charge in [-0.05, 0) is 12.1 Å². The molecule has 0 radical (unpaired) electrons. The minimum Gasteiger partial charge on any atom is -0.379 e. The molecule has 0 aliphatic rings. The van der Waals surface area contributed by atoms with Crippen molar-refractivity contribution in [2.75, 3.05) is 5.32 Å². The Morgan fingerprint density at radius 2 is 2.20 bits per heavy atom. The summed E-state index contributed by atoms with van der Waals surface area (Å²) in [6, 6.07) is 5.68. The van der Waals surface area contributed by atoms with E-state index in [0.717, 1.165) is 16.9 Å². The van der Waals surface area contributed by atoms with Gasteiger partial charge in [-0.2, -0.15) is 10.2 Å². The van der Waals surface area contributed by atoms with E-state index in [1.54, 1.807) is 15.7 Å². The number of para-hydroxylation sites is 1. The maximum absolute atomic E-state index is 6.26. The highest BCUT2D eigenvalue weighted by Gasteiger charge is 2.10. The summed E-state index contributed by atoms with van der Waals surface area (Å²) in [4.78, 5) is 3.95. The summed E-state index contributed by atoms with van der Waals surface area (Å²) in [6.45, 7) is 0.663. The minimum atomic E-state index is 0.617. The first-order valence-corrected chi connectivity index (χ1v) is 6.47. The standard InChI is InChI=1S/C13H13ClN6/c1-19-7-10(6-17-19)5-16-12-4-2-3-11(14)13(12)20-9-15-8-18-20/h2-4,6-9,16H,5H2,1H3. The molecule has 102 valence electrons. The molecule has 7 heteroatoms. The topological polar surface area (TPSA) is 60.6 Å². The Hall–Kier alpha value is -2.34. The van der Waals surface area contributed by atoms with Crippen molar-refractivity contribution < 1.29 is 0 Å². The van der Waals surface area contributed by atoms with E-state index in [1.807, 2.05) is 37.6 Å². The summed E-state index contributed by atoms with van der Waals surface area (Å²) in [5, 5.41) is 12.2. The molecule has 0 saturated heterocycles. The molecule has 6 nitrogen and oxygen atoms in total. The Labute approximate surface area is 121 Å². The highest BCUT2D eigenvalue weighted by molar-refractivity contribution is 6.33. The molecule has 0 aliphatic carbocycles. The van der Waals surface area contributed by atoms with Crippen LogP contribution in [0.5, 0.6) is 0 Å². The van der Waals surface area contributed by atoms with Crippen molar-refractivity contribution >= 4 is 17.3 Å². The summed E-state index contributed by atoms with van der Waals surface area (Å²) < 4.78 is 3.42.